The fraction of sp³-hybridized carbons (Fsp3) is 0.200. The molecule has 0 saturated carbocycles. The van der Waals surface area contributed by atoms with E-state index in [9.17, 15) is 13.5 Å². The van der Waals surface area contributed by atoms with Crippen molar-refractivity contribution in [2.24, 2.45) is 0 Å². The van der Waals surface area contributed by atoms with Gasteiger partial charge in [-0.05, 0) is 12.1 Å². The third-order valence-corrected chi connectivity index (χ3v) is 2.89. The number of anilines is 1. The van der Waals surface area contributed by atoms with Crippen LogP contribution in [0.2, 0.25) is 0 Å². The number of phenolic OH excluding ortho intramolecular Hbond substituents is 1. The Morgan fingerprint density at radius 2 is 2.20 bits per heavy atom. The van der Waals surface area contributed by atoms with E-state index in [4.69, 9.17) is 6.42 Å². The van der Waals surface area contributed by atoms with Crippen molar-refractivity contribution in [1.29, 1.82) is 0 Å². The first-order chi connectivity index (χ1) is 6.95. The summed E-state index contributed by atoms with van der Waals surface area (Å²) in [5.41, 5.74) is 0.417. The van der Waals surface area contributed by atoms with E-state index < -0.39 is 9.84 Å². The van der Waals surface area contributed by atoms with Crippen molar-refractivity contribution in [3.8, 4) is 18.1 Å². The van der Waals surface area contributed by atoms with Gasteiger partial charge in [-0.25, -0.2) is 8.42 Å². The predicted octanol–water partition coefficient (Wildman–Crippen LogP) is 0.841. The fourth-order valence-corrected chi connectivity index (χ4v) is 1.68. The average Bonchev–Trinajstić information content (AvgIpc) is 2.14. The van der Waals surface area contributed by atoms with Gasteiger partial charge in [-0.2, -0.15) is 0 Å². The summed E-state index contributed by atoms with van der Waals surface area (Å²) in [7, 11) is -3.29. The van der Waals surface area contributed by atoms with E-state index in [-0.39, 0.29) is 17.2 Å². The Morgan fingerprint density at radius 3 is 2.67 bits per heavy atom. The van der Waals surface area contributed by atoms with Gasteiger partial charge in [0.15, 0.2) is 9.84 Å². The topological polar surface area (TPSA) is 66.4 Å². The van der Waals surface area contributed by atoms with Crippen LogP contribution in [0.4, 0.5) is 5.69 Å². The molecule has 0 spiro atoms. The minimum absolute atomic E-state index is 0.0752. The molecule has 0 amide bonds. The zero-order valence-corrected chi connectivity index (χ0v) is 9.00. The molecule has 1 rings (SSSR count). The molecule has 2 N–H and O–H groups in total. The summed E-state index contributed by atoms with van der Waals surface area (Å²) >= 11 is 0. The maximum absolute atomic E-state index is 11.1. The third kappa shape index (κ3) is 2.89. The lowest BCUT2D eigenvalue weighted by atomic mass is 10.3. The van der Waals surface area contributed by atoms with Gasteiger partial charge in [0.2, 0.25) is 0 Å². The molecule has 0 fully saturated rings. The quantitative estimate of drug-likeness (QED) is 0.591. The molecule has 0 unspecified atom stereocenters. The SMILES string of the molecule is C#CCNc1ccc(S(C)(=O)=O)cc1O. The Labute approximate surface area is 88.9 Å². The van der Waals surface area contributed by atoms with Gasteiger partial charge in [-0.3, -0.25) is 0 Å². The van der Waals surface area contributed by atoms with E-state index in [0.717, 1.165) is 6.26 Å². The molecule has 0 heterocycles. The van der Waals surface area contributed by atoms with E-state index in [1.54, 1.807) is 0 Å². The molecule has 15 heavy (non-hydrogen) atoms. The lowest BCUT2D eigenvalue weighted by Gasteiger charge is -2.06. The molecule has 1 aromatic carbocycles. The normalized spacial score (nSPS) is 10.7. The Kier molecular flexibility index (Phi) is 3.22. The van der Waals surface area contributed by atoms with E-state index in [1.165, 1.54) is 18.2 Å². The molecule has 1 aromatic rings. The molecule has 0 saturated heterocycles. The number of hydrogen-bond acceptors (Lipinski definition) is 4. The first-order valence-corrected chi connectivity index (χ1v) is 6.04. The number of nitrogens with one attached hydrogen (secondary N) is 1. The third-order valence-electron chi connectivity index (χ3n) is 1.78. The van der Waals surface area contributed by atoms with Crippen molar-refractivity contribution < 1.29 is 13.5 Å². The van der Waals surface area contributed by atoms with Crippen LogP contribution in [0.15, 0.2) is 23.1 Å². The number of hydrogen-bond donors (Lipinski definition) is 2. The molecule has 0 aliphatic carbocycles. The van der Waals surface area contributed by atoms with Gasteiger partial charge >= 0.3 is 0 Å². The first-order valence-electron chi connectivity index (χ1n) is 4.15. The summed E-state index contributed by atoms with van der Waals surface area (Å²) in [5.74, 6) is 2.22. The zero-order chi connectivity index (χ0) is 11.5. The van der Waals surface area contributed by atoms with Crippen LogP contribution in [0.5, 0.6) is 5.75 Å². The largest absolute Gasteiger partial charge is 0.506 e. The summed E-state index contributed by atoms with van der Waals surface area (Å²) < 4.78 is 22.3. The number of phenols is 1. The second-order valence-corrected chi connectivity index (χ2v) is 5.02. The lowest BCUT2D eigenvalue weighted by Crippen LogP contribution is -2.01. The van der Waals surface area contributed by atoms with Gasteiger partial charge in [0.25, 0.3) is 0 Å². The Bertz CT molecular complexity index is 500. The number of rotatable bonds is 3. The molecule has 0 aliphatic heterocycles. The smallest absolute Gasteiger partial charge is 0.175 e. The van der Waals surface area contributed by atoms with Crippen LogP contribution >= 0.6 is 0 Å². The van der Waals surface area contributed by atoms with E-state index in [1.807, 2.05) is 0 Å². The van der Waals surface area contributed by atoms with Gasteiger partial charge in [0.1, 0.15) is 5.75 Å². The van der Waals surface area contributed by atoms with Crippen molar-refractivity contribution in [2.75, 3.05) is 18.1 Å². The van der Waals surface area contributed by atoms with Crippen LogP contribution in [0, 0.1) is 12.3 Å². The van der Waals surface area contributed by atoms with Crippen molar-refractivity contribution in [3.63, 3.8) is 0 Å². The molecule has 0 aromatic heterocycles. The molecular weight excluding hydrogens is 214 g/mol. The summed E-state index contributed by atoms with van der Waals surface area (Å²) in [6.45, 7) is 0.270. The van der Waals surface area contributed by atoms with Crippen LogP contribution in [0.25, 0.3) is 0 Å². The Hall–Kier alpha value is -1.67. The number of aromatic hydroxyl groups is 1. The van der Waals surface area contributed by atoms with Gasteiger partial charge < -0.3 is 10.4 Å². The number of sulfone groups is 1. The van der Waals surface area contributed by atoms with Crippen LogP contribution < -0.4 is 5.32 Å². The van der Waals surface area contributed by atoms with Crippen LogP contribution in [0.1, 0.15) is 0 Å². The fourth-order valence-electron chi connectivity index (χ4n) is 1.04. The number of benzene rings is 1. The zero-order valence-electron chi connectivity index (χ0n) is 8.19. The Balaban J connectivity index is 3.05. The molecule has 80 valence electrons. The summed E-state index contributed by atoms with van der Waals surface area (Å²) in [4.78, 5) is 0.0752. The second kappa shape index (κ2) is 4.24. The van der Waals surface area contributed by atoms with Gasteiger partial charge in [0.05, 0.1) is 17.1 Å². The van der Waals surface area contributed by atoms with Gasteiger partial charge in [-0.15, -0.1) is 6.42 Å². The van der Waals surface area contributed by atoms with E-state index in [0.29, 0.717) is 5.69 Å². The number of terminal acetylenes is 1. The summed E-state index contributed by atoms with van der Waals surface area (Å²) in [5, 5.41) is 12.2. The lowest BCUT2D eigenvalue weighted by molar-refractivity contribution is 0.475. The minimum Gasteiger partial charge on any atom is -0.506 e. The maximum Gasteiger partial charge on any atom is 0.175 e. The predicted molar refractivity (Wildman–Crippen MR) is 58.5 cm³/mol. The van der Waals surface area contributed by atoms with Crippen molar-refractivity contribution in [1.82, 2.24) is 0 Å². The summed E-state index contributed by atoms with van der Waals surface area (Å²) in [6.07, 6.45) is 6.12. The molecule has 0 aliphatic rings. The van der Waals surface area contributed by atoms with Gasteiger partial charge in [-0.1, -0.05) is 5.92 Å². The minimum atomic E-state index is -3.29. The van der Waals surface area contributed by atoms with Crippen molar-refractivity contribution >= 4 is 15.5 Å². The monoisotopic (exact) mass is 225 g/mol. The van der Waals surface area contributed by atoms with Crippen molar-refractivity contribution in [3.05, 3.63) is 18.2 Å². The standard InChI is InChI=1S/C10H11NO3S/c1-3-6-11-9-5-4-8(7-10(9)12)15(2,13)14/h1,4-5,7,11-12H,6H2,2H3. The van der Waals surface area contributed by atoms with Crippen LogP contribution in [0.3, 0.4) is 0 Å². The first kappa shape index (κ1) is 11.4. The van der Waals surface area contributed by atoms with E-state index in [2.05, 4.69) is 11.2 Å². The van der Waals surface area contributed by atoms with Crippen molar-refractivity contribution in [2.45, 2.75) is 4.90 Å². The average molecular weight is 225 g/mol. The highest BCUT2D eigenvalue weighted by atomic mass is 32.2. The summed E-state index contributed by atoms with van der Waals surface area (Å²) in [6, 6.07) is 4.07. The Morgan fingerprint density at radius 1 is 1.53 bits per heavy atom. The van der Waals surface area contributed by atoms with Crippen LogP contribution in [-0.2, 0) is 9.84 Å². The van der Waals surface area contributed by atoms with Crippen LogP contribution in [-0.4, -0.2) is 26.3 Å². The van der Waals surface area contributed by atoms with Gasteiger partial charge in [0, 0.05) is 12.3 Å². The highest BCUT2D eigenvalue weighted by Crippen LogP contribution is 2.25. The molecule has 0 radical (unpaired) electrons. The van der Waals surface area contributed by atoms with E-state index >= 15 is 0 Å². The second-order valence-electron chi connectivity index (χ2n) is 3.01. The molecular formula is C10H11NO3S. The maximum atomic E-state index is 11.1. The highest BCUT2D eigenvalue weighted by molar-refractivity contribution is 7.90. The highest BCUT2D eigenvalue weighted by Gasteiger charge is 2.09. The molecule has 5 heteroatoms. The molecule has 4 nitrogen and oxygen atoms in total. The molecule has 0 atom stereocenters. The molecule has 0 bridgehead atoms.